The topological polar surface area (TPSA) is 55.3 Å². The summed E-state index contributed by atoms with van der Waals surface area (Å²) in [6.45, 7) is 0.104. The van der Waals surface area contributed by atoms with Crippen LogP contribution < -0.4 is 4.90 Å². The molecule has 1 heterocycles. The van der Waals surface area contributed by atoms with Crippen molar-refractivity contribution >= 4 is 23.4 Å². The Morgan fingerprint density at radius 3 is 3.00 bits per heavy atom. The van der Waals surface area contributed by atoms with Gasteiger partial charge in [-0.25, -0.2) is 9.97 Å². The zero-order valence-corrected chi connectivity index (χ0v) is 8.65. The Kier molecular flexibility index (Phi) is 3.64. The first-order valence-electron chi connectivity index (χ1n) is 3.88. The van der Waals surface area contributed by atoms with Crippen LogP contribution in [-0.4, -0.2) is 36.6 Å². The summed E-state index contributed by atoms with van der Waals surface area (Å²) in [5.41, 5.74) is 0. The monoisotopic (exact) mass is 215 g/mol. The van der Waals surface area contributed by atoms with Gasteiger partial charge in [-0.2, -0.15) is 0 Å². The molecule has 0 radical (unpaired) electrons. The minimum absolute atomic E-state index is 0.104. The van der Waals surface area contributed by atoms with Crippen LogP contribution >= 0.6 is 11.6 Å². The molecule has 0 spiro atoms. The number of carbonyl (C=O) groups is 1. The van der Waals surface area contributed by atoms with E-state index in [9.17, 15) is 4.79 Å². The first-order chi connectivity index (χ1) is 6.65. The summed E-state index contributed by atoms with van der Waals surface area (Å²) >= 11 is 5.83. The van der Waals surface area contributed by atoms with Crippen LogP contribution in [0.4, 0.5) is 5.82 Å². The molecule has 6 heteroatoms. The van der Waals surface area contributed by atoms with Gasteiger partial charge in [-0.3, -0.25) is 4.79 Å². The highest BCUT2D eigenvalue weighted by Crippen LogP contribution is 2.19. The Morgan fingerprint density at radius 1 is 1.71 bits per heavy atom. The second kappa shape index (κ2) is 4.76. The summed E-state index contributed by atoms with van der Waals surface area (Å²) in [5, 5.41) is 0.402. The van der Waals surface area contributed by atoms with Crippen molar-refractivity contribution in [1.29, 1.82) is 0 Å². The van der Waals surface area contributed by atoms with Crippen LogP contribution in [-0.2, 0) is 9.53 Å². The van der Waals surface area contributed by atoms with Gasteiger partial charge in [0, 0.05) is 7.05 Å². The Balaban J connectivity index is 2.74. The SMILES string of the molecule is COC(=O)CN(C)c1ncncc1Cl. The molecule has 1 rings (SSSR count). The molecule has 0 N–H and O–H groups in total. The Labute approximate surface area is 86.7 Å². The second-order valence-corrected chi connectivity index (χ2v) is 3.03. The van der Waals surface area contributed by atoms with Gasteiger partial charge in [-0.1, -0.05) is 11.6 Å². The predicted molar refractivity (Wildman–Crippen MR) is 52.3 cm³/mol. The van der Waals surface area contributed by atoms with Crippen LogP contribution in [0, 0.1) is 0 Å². The smallest absolute Gasteiger partial charge is 0.325 e. The van der Waals surface area contributed by atoms with Gasteiger partial charge >= 0.3 is 5.97 Å². The molecule has 0 unspecified atom stereocenters. The molecular formula is C8H10ClN3O2. The number of halogens is 1. The molecule has 5 nitrogen and oxygen atoms in total. The number of rotatable bonds is 3. The van der Waals surface area contributed by atoms with Crippen molar-refractivity contribution in [1.82, 2.24) is 9.97 Å². The lowest BCUT2D eigenvalue weighted by Crippen LogP contribution is -2.27. The average Bonchev–Trinajstić information content (AvgIpc) is 2.18. The highest BCUT2D eigenvalue weighted by Gasteiger charge is 2.11. The number of aromatic nitrogens is 2. The zero-order chi connectivity index (χ0) is 10.6. The molecule has 0 fully saturated rings. The van der Waals surface area contributed by atoms with Crippen molar-refractivity contribution in [3.63, 3.8) is 0 Å². The van der Waals surface area contributed by atoms with E-state index >= 15 is 0 Å². The largest absolute Gasteiger partial charge is 0.468 e. The standard InChI is InChI=1S/C8H10ClN3O2/c1-12(4-7(13)14-2)8-6(9)3-10-5-11-8/h3,5H,4H2,1-2H3. The molecule has 0 aliphatic heterocycles. The normalized spacial score (nSPS) is 9.64. The van der Waals surface area contributed by atoms with E-state index in [-0.39, 0.29) is 12.5 Å². The van der Waals surface area contributed by atoms with Gasteiger partial charge in [-0.15, -0.1) is 0 Å². The number of hydrogen-bond donors (Lipinski definition) is 0. The maximum absolute atomic E-state index is 11.0. The third-order valence-corrected chi connectivity index (χ3v) is 1.87. The van der Waals surface area contributed by atoms with E-state index in [1.54, 1.807) is 11.9 Å². The predicted octanol–water partition coefficient (Wildman–Crippen LogP) is 0.739. The molecule has 0 aromatic carbocycles. The first-order valence-corrected chi connectivity index (χ1v) is 4.26. The van der Waals surface area contributed by atoms with Crippen LogP contribution in [0.3, 0.4) is 0 Å². The van der Waals surface area contributed by atoms with E-state index in [1.807, 2.05) is 0 Å². The minimum Gasteiger partial charge on any atom is -0.468 e. The molecule has 0 aliphatic carbocycles. The van der Waals surface area contributed by atoms with Crippen molar-refractivity contribution in [3.8, 4) is 0 Å². The maximum atomic E-state index is 11.0. The third-order valence-electron chi connectivity index (χ3n) is 1.60. The van der Waals surface area contributed by atoms with Crippen molar-refractivity contribution < 1.29 is 9.53 Å². The van der Waals surface area contributed by atoms with Crippen LogP contribution in [0.5, 0.6) is 0 Å². The fourth-order valence-electron chi connectivity index (χ4n) is 0.920. The third kappa shape index (κ3) is 2.56. The average molecular weight is 216 g/mol. The first kappa shape index (κ1) is 10.7. The Morgan fingerprint density at radius 2 is 2.43 bits per heavy atom. The quantitative estimate of drug-likeness (QED) is 0.697. The molecule has 0 aliphatic rings. The van der Waals surface area contributed by atoms with E-state index in [4.69, 9.17) is 11.6 Å². The number of esters is 1. The minimum atomic E-state index is -0.345. The van der Waals surface area contributed by atoms with E-state index in [1.165, 1.54) is 19.6 Å². The Bertz CT molecular complexity index is 332. The molecule has 0 atom stereocenters. The van der Waals surface area contributed by atoms with Crippen LogP contribution in [0.15, 0.2) is 12.5 Å². The van der Waals surface area contributed by atoms with Gasteiger partial charge in [-0.05, 0) is 0 Å². The molecule has 0 saturated heterocycles. The van der Waals surface area contributed by atoms with Gasteiger partial charge in [0.1, 0.15) is 17.9 Å². The molecule has 0 bridgehead atoms. The highest BCUT2D eigenvalue weighted by molar-refractivity contribution is 6.32. The maximum Gasteiger partial charge on any atom is 0.325 e. The van der Waals surface area contributed by atoms with Crippen molar-refractivity contribution in [3.05, 3.63) is 17.5 Å². The molecule has 1 aromatic heterocycles. The summed E-state index contributed by atoms with van der Waals surface area (Å²) in [6.07, 6.45) is 2.84. The van der Waals surface area contributed by atoms with Gasteiger partial charge in [0.15, 0.2) is 5.82 Å². The van der Waals surface area contributed by atoms with E-state index < -0.39 is 0 Å². The summed E-state index contributed by atoms with van der Waals surface area (Å²) in [5.74, 6) is 0.161. The fourth-order valence-corrected chi connectivity index (χ4v) is 1.17. The number of methoxy groups -OCH3 is 1. The highest BCUT2D eigenvalue weighted by atomic mass is 35.5. The summed E-state index contributed by atoms with van der Waals surface area (Å²) in [4.78, 5) is 20.2. The van der Waals surface area contributed by atoms with Gasteiger partial charge < -0.3 is 9.64 Å². The second-order valence-electron chi connectivity index (χ2n) is 2.63. The fraction of sp³-hybridized carbons (Fsp3) is 0.375. The van der Waals surface area contributed by atoms with E-state index in [2.05, 4.69) is 14.7 Å². The number of likely N-dealkylation sites (N-methyl/N-ethyl adjacent to an activating group) is 1. The lowest BCUT2D eigenvalue weighted by Gasteiger charge is -2.16. The zero-order valence-electron chi connectivity index (χ0n) is 7.90. The molecule has 1 aromatic rings. The molecule has 0 amide bonds. The molecule has 14 heavy (non-hydrogen) atoms. The van der Waals surface area contributed by atoms with Crippen molar-refractivity contribution in [2.45, 2.75) is 0 Å². The number of ether oxygens (including phenoxy) is 1. The number of hydrogen-bond acceptors (Lipinski definition) is 5. The van der Waals surface area contributed by atoms with Crippen LogP contribution in [0.25, 0.3) is 0 Å². The van der Waals surface area contributed by atoms with Crippen LogP contribution in [0.1, 0.15) is 0 Å². The van der Waals surface area contributed by atoms with E-state index in [0.29, 0.717) is 10.8 Å². The van der Waals surface area contributed by atoms with Crippen LogP contribution in [0.2, 0.25) is 5.02 Å². The van der Waals surface area contributed by atoms with Gasteiger partial charge in [0.2, 0.25) is 0 Å². The summed E-state index contributed by atoms with van der Waals surface area (Å²) in [7, 11) is 3.03. The number of nitrogens with zero attached hydrogens (tertiary/aromatic N) is 3. The lowest BCUT2D eigenvalue weighted by atomic mass is 10.5. The van der Waals surface area contributed by atoms with Gasteiger partial charge in [0.05, 0.1) is 13.3 Å². The molecule has 0 saturated carbocycles. The van der Waals surface area contributed by atoms with Crippen molar-refractivity contribution in [2.24, 2.45) is 0 Å². The number of carbonyl (C=O) groups excluding carboxylic acids is 1. The summed E-state index contributed by atoms with van der Waals surface area (Å²) < 4.78 is 4.52. The van der Waals surface area contributed by atoms with Crippen molar-refractivity contribution in [2.75, 3.05) is 25.6 Å². The van der Waals surface area contributed by atoms with E-state index in [0.717, 1.165) is 0 Å². The van der Waals surface area contributed by atoms with Gasteiger partial charge in [0.25, 0.3) is 0 Å². The lowest BCUT2D eigenvalue weighted by molar-refractivity contribution is -0.138. The number of anilines is 1. The Hall–Kier alpha value is -1.36. The molecular weight excluding hydrogens is 206 g/mol. The summed E-state index contributed by atoms with van der Waals surface area (Å²) in [6, 6.07) is 0. The molecule has 76 valence electrons.